The van der Waals surface area contributed by atoms with Crippen molar-refractivity contribution in [2.75, 3.05) is 14.1 Å². The summed E-state index contributed by atoms with van der Waals surface area (Å²) in [7, 11) is 3.37. The Hall–Kier alpha value is -1.80. The Morgan fingerprint density at radius 2 is 1.83 bits per heavy atom. The molecule has 0 radical (unpaired) electrons. The minimum absolute atomic E-state index is 0.0438. The van der Waals surface area contributed by atoms with E-state index >= 15 is 0 Å². The van der Waals surface area contributed by atoms with Crippen LogP contribution in [0, 0.1) is 5.82 Å². The van der Waals surface area contributed by atoms with Gasteiger partial charge in [-0.2, -0.15) is 0 Å². The zero-order valence-electron chi connectivity index (χ0n) is 15.7. The molecular formula is C19H16Cl3FN4OS. The maximum absolute atomic E-state index is 13.7. The molecule has 0 N–H and O–H groups in total. The van der Waals surface area contributed by atoms with Crippen molar-refractivity contribution >= 4 is 52.5 Å². The van der Waals surface area contributed by atoms with Crippen LogP contribution in [0.3, 0.4) is 0 Å². The van der Waals surface area contributed by atoms with Crippen molar-refractivity contribution in [3.8, 4) is 17.1 Å². The minimum Gasteiger partial charge on any atom is -0.348 e. The molecule has 0 fully saturated rings. The zero-order valence-corrected chi connectivity index (χ0v) is 18.7. The number of nitrogens with zero attached hydrogens (tertiary/aromatic N) is 4. The van der Waals surface area contributed by atoms with Crippen molar-refractivity contribution in [3.63, 3.8) is 0 Å². The number of benzene rings is 2. The summed E-state index contributed by atoms with van der Waals surface area (Å²) in [6.07, 6.45) is 0. The molecule has 0 aliphatic heterocycles. The lowest BCUT2D eigenvalue weighted by Gasteiger charge is -2.17. The lowest BCUT2D eigenvalue weighted by molar-refractivity contribution is -0.127. The van der Waals surface area contributed by atoms with Crippen LogP contribution >= 0.6 is 46.6 Å². The van der Waals surface area contributed by atoms with Crippen LogP contribution in [0.15, 0.2) is 41.6 Å². The summed E-state index contributed by atoms with van der Waals surface area (Å²) in [6.45, 7) is 1.78. The highest BCUT2D eigenvalue weighted by Crippen LogP contribution is 2.35. The van der Waals surface area contributed by atoms with E-state index in [1.54, 1.807) is 49.9 Å². The Balaban J connectivity index is 2.15. The third kappa shape index (κ3) is 4.69. The van der Waals surface area contributed by atoms with E-state index in [1.807, 2.05) is 0 Å². The van der Waals surface area contributed by atoms with E-state index in [0.717, 1.165) is 0 Å². The fourth-order valence-electron chi connectivity index (χ4n) is 2.62. The highest BCUT2D eigenvalue weighted by molar-refractivity contribution is 8.00. The molecule has 5 nitrogen and oxygen atoms in total. The molecule has 10 heteroatoms. The first-order chi connectivity index (χ1) is 13.7. The number of thioether (sulfide) groups is 1. The fourth-order valence-corrected chi connectivity index (χ4v) is 4.30. The number of carbonyl (C=O) groups excluding carboxylic acids is 1. The van der Waals surface area contributed by atoms with Gasteiger partial charge in [-0.3, -0.25) is 9.36 Å². The van der Waals surface area contributed by atoms with Crippen molar-refractivity contribution < 1.29 is 9.18 Å². The Morgan fingerprint density at radius 1 is 1.10 bits per heavy atom. The van der Waals surface area contributed by atoms with Crippen molar-refractivity contribution in [1.29, 1.82) is 0 Å². The third-order valence-corrected chi connectivity index (χ3v) is 5.91. The number of rotatable bonds is 5. The SMILES string of the molecule is CC(Sc1nnc(-c2ccc(Cl)cc2Cl)n1-c1ccc(F)c(Cl)c1)C(=O)N(C)C. The monoisotopic (exact) mass is 472 g/mol. The molecule has 0 aliphatic rings. The molecule has 152 valence electrons. The summed E-state index contributed by atoms with van der Waals surface area (Å²) >= 11 is 19.6. The minimum atomic E-state index is -0.542. The third-order valence-electron chi connectivity index (χ3n) is 4.04. The first-order valence-corrected chi connectivity index (χ1v) is 10.4. The maximum atomic E-state index is 13.7. The van der Waals surface area contributed by atoms with Crippen molar-refractivity contribution in [1.82, 2.24) is 19.7 Å². The summed E-state index contributed by atoms with van der Waals surface area (Å²) in [6, 6.07) is 9.29. The molecule has 0 aliphatic carbocycles. The Bertz CT molecular complexity index is 1070. The van der Waals surface area contributed by atoms with E-state index in [2.05, 4.69) is 10.2 Å². The van der Waals surface area contributed by atoms with Crippen LogP contribution in [0.4, 0.5) is 4.39 Å². The van der Waals surface area contributed by atoms with Gasteiger partial charge in [0.1, 0.15) is 5.82 Å². The fraction of sp³-hybridized carbons (Fsp3) is 0.211. The number of amides is 1. The zero-order chi connectivity index (χ0) is 21.3. The molecule has 2 aromatic carbocycles. The van der Waals surface area contributed by atoms with Crippen LogP contribution in [0.25, 0.3) is 17.1 Å². The van der Waals surface area contributed by atoms with Gasteiger partial charge in [-0.05, 0) is 43.3 Å². The van der Waals surface area contributed by atoms with Gasteiger partial charge >= 0.3 is 0 Å². The van der Waals surface area contributed by atoms with Gasteiger partial charge in [0.05, 0.1) is 21.0 Å². The average Bonchev–Trinajstić information content (AvgIpc) is 3.06. The normalized spacial score (nSPS) is 12.1. The Labute approximate surface area is 186 Å². The summed E-state index contributed by atoms with van der Waals surface area (Å²) in [5, 5.41) is 9.35. The van der Waals surface area contributed by atoms with Crippen molar-refractivity contribution in [3.05, 3.63) is 57.3 Å². The summed E-state index contributed by atoms with van der Waals surface area (Å²) in [4.78, 5) is 13.8. The molecule has 1 amide bonds. The second kappa shape index (κ2) is 8.92. The lowest BCUT2D eigenvalue weighted by atomic mass is 10.2. The van der Waals surface area contributed by atoms with Gasteiger partial charge < -0.3 is 4.90 Å². The quantitative estimate of drug-likeness (QED) is 0.452. The first kappa shape index (κ1) is 21.9. The lowest BCUT2D eigenvalue weighted by Crippen LogP contribution is -2.29. The standard InChI is InChI=1S/C19H16Cl3FN4OS/c1-10(18(28)26(2)3)29-19-25-24-17(13-6-4-11(20)8-14(13)21)27(19)12-5-7-16(23)15(22)9-12/h4-10H,1-3H3. The van der Waals surface area contributed by atoms with Gasteiger partial charge in [0, 0.05) is 24.7 Å². The molecule has 29 heavy (non-hydrogen) atoms. The van der Waals surface area contributed by atoms with Gasteiger partial charge in [-0.15, -0.1) is 10.2 Å². The maximum Gasteiger partial charge on any atom is 0.235 e. The van der Waals surface area contributed by atoms with Gasteiger partial charge in [-0.1, -0.05) is 46.6 Å². The summed E-state index contributed by atoms with van der Waals surface area (Å²) in [5.74, 6) is -0.200. The molecule has 1 unspecified atom stereocenters. The average molecular weight is 474 g/mol. The van der Waals surface area contributed by atoms with E-state index in [0.29, 0.717) is 32.3 Å². The molecule has 1 atom stereocenters. The van der Waals surface area contributed by atoms with Gasteiger partial charge in [0.15, 0.2) is 11.0 Å². The molecule has 0 saturated heterocycles. The molecule has 0 spiro atoms. The molecule has 3 aromatic rings. The number of hydrogen-bond acceptors (Lipinski definition) is 4. The highest BCUT2D eigenvalue weighted by Gasteiger charge is 2.24. The number of aromatic nitrogens is 3. The largest absolute Gasteiger partial charge is 0.348 e. The molecule has 3 rings (SSSR count). The molecular weight excluding hydrogens is 458 g/mol. The van der Waals surface area contributed by atoms with E-state index in [9.17, 15) is 9.18 Å². The predicted octanol–water partition coefficient (Wildman–Crippen LogP) is 5.60. The van der Waals surface area contributed by atoms with Gasteiger partial charge in [0.25, 0.3) is 0 Å². The summed E-state index contributed by atoms with van der Waals surface area (Å²) in [5.41, 5.74) is 1.12. The number of halogens is 4. The van der Waals surface area contributed by atoms with E-state index in [1.165, 1.54) is 28.8 Å². The smallest absolute Gasteiger partial charge is 0.235 e. The van der Waals surface area contributed by atoms with Crippen molar-refractivity contribution in [2.24, 2.45) is 0 Å². The predicted molar refractivity (Wildman–Crippen MR) is 116 cm³/mol. The van der Waals surface area contributed by atoms with Crippen LogP contribution < -0.4 is 0 Å². The molecule has 1 aromatic heterocycles. The molecule has 0 bridgehead atoms. The van der Waals surface area contributed by atoms with Crippen LogP contribution in [-0.4, -0.2) is 44.9 Å². The highest BCUT2D eigenvalue weighted by atomic mass is 35.5. The Kier molecular flexibility index (Phi) is 6.73. The first-order valence-electron chi connectivity index (χ1n) is 8.43. The molecule has 1 heterocycles. The second-order valence-electron chi connectivity index (χ2n) is 6.36. The van der Waals surface area contributed by atoms with Crippen molar-refractivity contribution in [2.45, 2.75) is 17.3 Å². The van der Waals surface area contributed by atoms with Crippen LogP contribution in [0.1, 0.15) is 6.92 Å². The van der Waals surface area contributed by atoms with E-state index < -0.39 is 11.1 Å². The number of carbonyl (C=O) groups is 1. The molecule has 0 saturated carbocycles. The topological polar surface area (TPSA) is 51.0 Å². The van der Waals surface area contributed by atoms with Crippen LogP contribution in [0.5, 0.6) is 0 Å². The van der Waals surface area contributed by atoms with Gasteiger partial charge in [0.2, 0.25) is 5.91 Å². The Morgan fingerprint density at radius 3 is 2.45 bits per heavy atom. The summed E-state index contributed by atoms with van der Waals surface area (Å²) < 4.78 is 15.4. The van der Waals surface area contributed by atoms with E-state index in [4.69, 9.17) is 34.8 Å². The van der Waals surface area contributed by atoms with E-state index in [-0.39, 0.29) is 10.9 Å². The number of hydrogen-bond donors (Lipinski definition) is 0. The van der Waals surface area contributed by atoms with Crippen LogP contribution in [0.2, 0.25) is 15.1 Å². The second-order valence-corrected chi connectivity index (χ2v) is 8.92. The van der Waals surface area contributed by atoms with Crippen LogP contribution in [-0.2, 0) is 4.79 Å². The van der Waals surface area contributed by atoms with Gasteiger partial charge in [-0.25, -0.2) is 4.39 Å².